The second-order valence-corrected chi connectivity index (χ2v) is 7.78. The van der Waals surface area contributed by atoms with Crippen molar-refractivity contribution in [3.63, 3.8) is 0 Å². The molecule has 0 saturated carbocycles. The summed E-state index contributed by atoms with van der Waals surface area (Å²) < 4.78 is 16.8. The van der Waals surface area contributed by atoms with Crippen molar-refractivity contribution < 1.29 is 9.18 Å². The maximum atomic E-state index is 15.0. The molecule has 0 unspecified atom stereocenters. The van der Waals surface area contributed by atoms with Gasteiger partial charge in [0.1, 0.15) is 5.82 Å². The van der Waals surface area contributed by atoms with E-state index in [0.29, 0.717) is 39.3 Å². The highest BCUT2D eigenvalue weighted by atomic mass is 19.1. The summed E-state index contributed by atoms with van der Waals surface area (Å²) >= 11 is 0. The van der Waals surface area contributed by atoms with Crippen molar-refractivity contribution in [2.24, 2.45) is 5.92 Å². The van der Waals surface area contributed by atoms with Gasteiger partial charge in [0.05, 0.1) is 22.5 Å². The minimum atomic E-state index is -0.409. The Labute approximate surface area is 180 Å². The predicted molar refractivity (Wildman–Crippen MR) is 121 cm³/mol. The highest BCUT2D eigenvalue weighted by Crippen LogP contribution is 2.34. The number of hydrogen-bond donors (Lipinski definition) is 2. The first kappa shape index (κ1) is 20.5. The third-order valence-electron chi connectivity index (χ3n) is 4.94. The molecular formula is C24H24FN5O. The lowest BCUT2D eigenvalue weighted by molar-refractivity contribution is 0.0963. The lowest BCUT2D eigenvalue weighted by Crippen LogP contribution is -2.19. The number of benzene rings is 2. The van der Waals surface area contributed by atoms with Crippen molar-refractivity contribution in [1.29, 1.82) is 0 Å². The van der Waals surface area contributed by atoms with Crippen molar-refractivity contribution in [3.8, 4) is 11.3 Å². The SMILES string of the molecule is CNC(=O)c1cnc2cc(F)c(-c3ccn(CC(C)C)n3)cc2c1Nc1ccccc1. The number of rotatable bonds is 6. The van der Waals surface area contributed by atoms with E-state index in [0.717, 1.165) is 12.2 Å². The van der Waals surface area contributed by atoms with Crippen molar-refractivity contribution in [3.05, 3.63) is 72.3 Å². The Balaban J connectivity index is 1.88. The number of amides is 1. The molecule has 0 aliphatic rings. The molecule has 2 N–H and O–H groups in total. The second kappa shape index (κ2) is 8.55. The average molecular weight is 417 g/mol. The van der Waals surface area contributed by atoms with Gasteiger partial charge >= 0.3 is 0 Å². The first-order valence-electron chi connectivity index (χ1n) is 10.2. The average Bonchev–Trinajstić information content (AvgIpc) is 3.21. The molecule has 7 heteroatoms. The van der Waals surface area contributed by atoms with Gasteiger partial charge in [-0.25, -0.2) is 4.39 Å². The number of carbonyl (C=O) groups excluding carboxylic acids is 1. The Kier molecular flexibility index (Phi) is 5.66. The lowest BCUT2D eigenvalue weighted by Gasteiger charge is -2.15. The first-order chi connectivity index (χ1) is 15.0. The molecule has 31 heavy (non-hydrogen) atoms. The van der Waals surface area contributed by atoms with Crippen LogP contribution < -0.4 is 10.6 Å². The molecule has 0 atom stereocenters. The summed E-state index contributed by atoms with van der Waals surface area (Å²) in [5.74, 6) is -0.261. The lowest BCUT2D eigenvalue weighted by atomic mass is 10.0. The number of nitrogens with zero attached hydrogens (tertiary/aromatic N) is 3. The molecule has 0 aliphatic heterocycles. The largest absolute Gasteiger partial charge is 0.355 e. The van der Waals surface area contributed by atoms with E-state index in [9.17, 15) is 9.18 Å². The van der Waals surface area contributed by atoms with E-state index >= 15 is 0 Å². The molecule has 158 valence electrons. The van der Waals surface area contributed by atoms with Crippen LogP contribution in [0.25, 0.3) is 22.2 Å². The van der Waals surface area contributed by atoms with Crippen molar-refractivity contribution >= 4 is 28.2 Å². The van der Waals surface area contributed by atoms with Crippen LogP contribution in [0.1, 0.15) is 24.2 Å². The number of hydrogen-bond acceptors (Lipinski definition) is 4. The number of halogens is 1. The Hall–Kier alpha value is -3.74. The fraction of sp³-hybridized carbons (Fsp3) is 0.208. The maximum absolute atomic E-state index is 15.0. The minimum absolute atomic E-state index is 0.278. The molecule has 0 bridgehead atoms. The highest BCUT2D eigenvalue weighted by Gasteiger charge is 2.18. The Morgan fingerprint density at radius 1 is 1.16 bits per heavy atom. The molecule has 2 aromatic heterocycles. The number of pyridine rings is 1. The van der Waals surface area contributed by atoms with Gasteiger partial charge in [0.15, 0.2) is 0 Å². The van der Waals surface area contributed by atoms with E-state index in [-0.39, 0.29) is 5.91 Å². The monoisotopic (exact) mass is 417 g/mol. The topological polar surface area (TPSA) is 71.8 Å². The zero-order valence-corrected chi connectivity index (χ0v) is 17.7. The molecule has 4 rings (SSSR count). The van der Waals surface area contributed by atoms with E-state index in [4.69, 9.17) is 0 Å². The summed E-state index contributed by atoms with van der Waals surface area (Å²) in [4.78, 5) is 16.8. The molecule has 1 amide bonds. The predicted octanol–water partition coefficient (Wildman–Crippen LogP) is 5.00. The fourth-order valence-electron chi connectivity index (χ4n) is 3.50. The van der Waals surface area contributed by atoms with Gasteiger partial charge in [-0.2, -0.15) is 5.10 Å². The number of fused-ring (bicyclic) bond motifs is 1. The molecule has 0 fully saturated rings. The zero-order valence-electron chi connectivity index (χ0n) is 17.7. The molecule has 4 aromatic rings. The Bertz CT molecular complexity index is 1230. The number of anilines is 2. The highest BCUT2D eigenvalue weighted by molar-refractivity contribution is 6.08. The standard InChI is InChI=1S/C24H24FN5O/c1-15(2)14-30-10-9-21(29-30)17-11-18-22(12-20(17)25)27-13-19(24(31)26-3)23(18)28-16-7-5-4-6-8-16/h4-13,15H,14H2,1-3H3,(H,26,31)(H,27,28). The molecule has 2 aromatic carbocycles. The van der Waals surface area contributed by atoms with Gasteiger partial charge in [0.25, 0.3) is 5.91 Å². The van der Waals surface area contributed by atoms with Crippen molar-refractivity contribution in [1.82, 2.24) is 20.1 Å². The van der Waals surface area contributed by atoms with Crippen LogP contribution in [0.4, 0.5) is 15.8 Å². The molecule has 0 spiro atoms. The van der Waals surface area contributed by atoms with Gasteiger partial charge in [-0.05, 0) is 30.2 Å². The van der Waals surface area contributed by atoms with Crippen molar-refractivity contribution in [2.45, 2.75) is 20.4 Å². The van der Waals surface area contributed by atoms with Crippen LogP contribution in [-0.2, 0) is 6.54 Å². The number of para-hydroxylation sites is 1. The second-order valence-electron chi connectivity index (χ2n) is 7.78. The third-order valence-corrected chi connectivity index (χ3v) is 4.94. The number of nitrogens with one attached hydrogen (secondary N) is 2. The van der Waals surface area contributed by atoms with E-state index in [1.165, 1.54) is 12.3 Å². The smallest absolute Gasteiger partial charge is 0.254 e. The van der Waals surface area contributed by atoms with E-state index in [1.54, 1.807) is 19.2 Å². The Morgan fingerprint density at radius 2 is 1.94 bits per heavy atom. The van der Waals surface area contributed by atoms with Gasteiger partial charge in [-0.3, -0.25) is 14.5 Å². The zero-order chi connectivity index (χ0) is 22.0. The van der Waals surface area contributed by atoms with Crippen LogP contribution in [-0.4, -0.2) is 27.7 Å². The van der Waals surface area contributed by atoms with Crippen LogP contribution in [0.15, 0.2) is 60.9 Å². The van der Waals surface area contributed by atoms with Gasteiger partial charge in [0, 0.05) is 48.7 Å². The molecule has 2 heterocycles. The quantitative estimate of drug-likeness (QED) is 0.463. The molecular weight excluding hydrogens is 393 g/mol. The normalized spacial score (nSPS) is 11.1. The van der Waals surface area contributed by atoms with Crippen LogP contribution in [0, 0.1) is 11.7 Å². The van der Waals surface area contributed by atoms with E-state index < -0.39 is 5.82 Å². The first-order valence-corrected chi connectivity index (χ1v) is 10.2. The van der Waals surface area contributed by atoms with E-state index in [1.807, 2.05) is 41.2 Å². The number of carbonyl (C=O) groups is 1. The summed E-state index contributed by atoms with van der Waals surface area (Å²) in [7, 11) is 1.57. The maximum Gasteiger partial charge on any atom is 0.254 e. The minimum Gasteiger partial charge on any atom is -0.355 e. The molecule has 0 saturated heterocycles. The fourth-order valence-corrected chi connectivity index (χ4v) is 3.50. The van der Waals surface area contributed by atoms with E-state index in [2.05, 4.69) is 34.6 Å². The van der Waals surface area contributed by atoms with Gasteiger partial charge in [-0.15, -0.1) is 0 Å². The van der Waals surface area contributed by atoms with Crippen LogP contribution >= 0.6 is 0 Å². The molecule has 0 radical (unpaired) electrons. The van der Waals surface area contributed by atoms with Gasteiger partial charge < -0.3 is 10.6 Å². The Morgan fingerprint density at radius 3 is 2.65 bits per heavy atom. The van der Waals surface area contributed by atoms with Crippen molar-refractivity contribution in [2.75, 3.05) is 12.4 Å². The summed E-state index contributed by atoms with van der Waals surface area (Å²) in [5, 5.41) is 11.1. The van der Waals surface area contributed by atoms with Crippen LogP contribution in [0.5, 0.6) is 0 Å². The van der Waals surface area contributed by atoms with Gasteiger partial charge in [0.2, 0.25) is 0 Å². The third kappa shape index (κ3) is 4.26. The summed E-state index contributed by atoms with van der Waals surface area (Å²) in [6.07, 6.45) is 3.31. The van der Waals surface area contributed by atoms with Crippen LogP contribution in [0.2, 0.25) is 0 Å². The number of aromatic nitrogens is 3. The van der Waals surface area contributed by atoms with Gasteiger partial charge in [-0.1, -0.05) is 32.0 Å². The summed E-state index contributed by atoms with van der Waals surface area (Å²) in [6, 6.07) is 14.4. The summed E-state index contributed by atoms with van der Waals surface area (Å²) in [6.45, 7) is 4.95. The molecule has 0 aliphatic carbocycles. The molecule has 6 nitrogen and oxygen atoms in total. The summed E-state index contributed by atoms with van der Waals surface area (Å²) in [5.41, 5.74) is 3.11. The van der Waals surface area contributed by atoms with Crippen LogP contribution in [0.3, 0.4) is 0 Å².